The zero-order valence-electron chi connectivity index (χ0n) is 8.96. The molecule has 86 valence electrons. The van der Waals surface area contributed by atoms with E-state index in [-0.39, 0.29) is 5.92 Å². The predicted octanol–water partition coefficient (Wildman–Crippen LogP) is 2.81. The highest BCUT2D eigenvalue weighted by atomic mass is 16.6. The lowest BCUT2D eigenvalue weighted by atomic mass is 9.93. The van der Waals surface area contributed by atoms with Gasteiger partial charge in [0.25, 0.3) is 0 Å². The van der Waals surface area contributed by atoms with Gasteiger partial charge in [-0.25, -0.2) is 4.79 Å². The monoisotopic (exact) mass is 230 g/mol. The van der Waals surface area contributed by atoms with Crippen LogP contribution in [0.25, 0.3) is 0 Å². The summed E-state index contributed by atoms with van der Waals surface area (Å²) in [7, 11) is 0. The highest BCUT2D eigenvalue weighted by Gasteiger charge is 2.43. The summed E-state index contributed by atoms with van der Waals surface area (Å²) >= 11 is 0. The van der Waals surface area contributed by atoms with Crippen LogP contribution < -0.4 is 0 Å². The molecule has 0 aliphatic carbocycles. The van der Waals surface area contributed by atoms with Gasteiger partial charge < -0.3 is 13.6 Å². The summed E-state index contributed by atoms with van der Waals surface area (Å²) < 4.78 is 15.9. The predicted molar refractivity (Wildman–Crippen MR) is 58.1 cm³/mol. The topological polar surface area (TPSA) is 52.6 Å². The van der Waals surface area contributed by atoms with Crippen molar-refractivity contribution >= 4 is 5.97 Å². The number of esters is 1. The molecule has 0 radical (unpaired) electrons. The molecular formula is C13H10O4. The number of rotatable bonds is 2. The van der Waals surface area contributed by atoms with Crippen molar-refractivity contribution in [3.8, 4) is 0 Å². The first kappa shape index (κ1) is 9.96. The fourth-order valence-corrected chi connectivity index (χ4v) is 2.03. The minimum absolute atomic E-state index is 0.316. The molecule has 17 heavy (non-hydrogen) atoms. The summed E-state index contributed by atoms with van der Waals surface area (Å²) in [5.41, 5.74) is 0.390. The van der Waals surface area contributed by atoms with Gasteiger partial charge in [0.1, 0.15) is 11.5 Å². The number of furan rings is 2. The highest BCUT2D eigenvalue weighted by Crippen LogP contribution is 2.45. The van der Waals surface area contributed by atoms with Gasteiger partial charge in [-0.3, -0.25) is 0 Å². The van der Waals surface area contributed by atoms with E-state index in [1.54, 1.807) is 36.8 Å². The molecule has 2 aromatic rings. The van der Waals surface area contributed by atoms with Crippen molar-refractivity contribution in [3.05, 3.63) is 60.5 Å². The molecule has 1 aliphatic rings. The van der Waals surface area contributed by atoms with Crippen LogP contribution in [-0.2, 0) is 9.53 Å². The van der Waals surface area contributed by atoms with Gasteiger partial charge in [0.05, 0.1) is 18.4 Å². The van der Waals surface area contributed by atoms with Gasteiger partial charge in [-0.2, -0.15) is 0 Å². The van der Waals surface area contributed by atoms with E-state index in [1.165, 1.54) is 0 Å². The number of cyclic esters (lactones) is 1. The molecule has 0 bridgehead atoms. The molecule has 0 amide bonds. The number of carbonyl (C=O) groups is 1. The molecule has 4 nitrogen and oxygen atoms in total. The number of hydrogen-bond acceptors (Lipinski definition) is 4. The number of ether oxygens (including phenoxy) is 1. The summed E-state index contributed by atoms with van der Waals surface area (Å²) in [6, 6.07) is 7.09. The molecule has 3 heterocycles. The first-order valence-corrected chi connectivity index (χ1v) is 5.24. The maximum atomic E-state index is 11.6. The Hall–Kier alpha value is -2.23. The highest BCUT2D eigenvalue weighted by molar-refractivity contribution is 5.92. The summed E-state index contributed by atoms with van der Waals surface area (Å²) in [6.07, 6.45) is 2.62. The Morgan fingerprint density at radius 1 is 1.06 bits per heavy atom. The van der Waals surface area contributed by atoms with E-state index in [1.807, 2.05) is 0 Å². The molecule has 3 rings (SSSR count). The van der Waals surface area contributed by atoms with Crippen LogP contribution in [0.3, 0.4) is 0 Å². The third kappa shape index (κ3) is 1.49. The van der Waals surface area contributed by atoms with Gasteiger partial charge in [0.2, 0.25) is 0 Å². The minimum atomic E-state index is -0.490. The van der Waals surface area contributed by atoms with E-state index in [9.17, 15) is 4.79 Å². The van der Waals surface area contributed by atoms with E-state index in [0.29, 0.717) is 17.1 Å². The first-order chi connectivity index (χ1) is 8.27. The Kier molecular flexibility index (Phi) is 2.14. The fourth-order valence-electron chi connectivity index (χ4n) is 2.03. The van der Waals surface area contributed by atoms with Crippen molar-refractivity contribution in [2.24, 2.45) is 0 Å². The van der Waals surface area contributed by atoms with Crippen molar-refractivity contribution in [1.29, 1.82) is 0 Å². The SMILES string of the molecule is C=C1C(=O)O[C@@H](c2ccco2)[C@@H]1c1ccco1. The van der Waals surface area contributed by atoms with Crippen molar-refractivity contribution in [3.63, 3.8) is 0 Å². The van der Waals surface area contributed by atoms with E-state index < -0.39 is 12.1 Å². The third-order valence-electron chi connectivity index (χ3n) is 2.85. The van der Waals surface area contributed by atoms with Gasteiger partial charge in [-0.15, -0.1) is 0 Å². The van der Waals surface area contributed by atoms with Crippen LogP contribution in [0, 0.1) is 0 Å². The van der Waals surface area contributed by atoms with E-state index >= 15 is 0 Å². The number of hydrogen-bond donors (Lipinski definition) is 0. The first-order valence-electron chi connectivity index (χ1n) is 5.24. The average molecular weight is 230 g/mol. The lowest BCUT2D eigenvalue weighted by molar-refractivity contribution is -0.139. The van der Waals surface area contributed by atoms with Crippen LogP contribution >= 0.6 is 0 Å². The second-order valence-corrected chi connectivity index (χ2v) is 3.86. The van der Waals surface area contributed by atoms with Gasteiger partial charge in [0.15, 0.2) is 6.10 Å². The lowest BCUT2D eigenvalue weighted by Gasteiger charge is -2.12. The molecule has 0 aromatic carbocycles. The van der Waals surface area contributed by atoms with E-state index in [2.05, 4.69) is 6.58 Å². The molecule has 2 atom stereocenters. The zero-order chi connectivity index (χ0) is 11.8. The number of carbonyl (C=O) groups excluding carboxylic acids is 1. The largest absolute Gasteiger partial charge is 0.469 e. The summed E-state index contributed by atoms with van der Waals surface area (Å²) in [5, 5.41) is 0. The second-order valence-electron chi connectivity index (χ2n) is 3.86. The fraction of sp³-hybridized carbons (Fsp3) is 0.154. The van der Waals surface area contributed by atoms with Crippen molar-refractivity contribution in [2.45, 2.75) is 12.0 Å². The molecule has 2 aromatic heterocycles. The van der Waals surface area contributed by atoms with Crippen molar-refractivity contribution in [1.82, 2.24) is 0 Å². The molecule has 1 aliphatic heterocycles. The summed E-state index contributed by atoms with van der Waals surface area (Å²) in [6.45, 7) is 3.76. The van der Waals surface area contributed by atoms with Crippen LogP contribution in [0.15, 0.2) is 57.8 Å². The second kappa shape index (κ2) is 3.66. The molecular weight excluding hydrogens is 220 g/mol. The quantitative estimate of drug-likeness (QED) is 0.588. The van der Waals surface area contributed by atoms with Crippen molar-refractivity contribution in [2.75, 3.05) is 0 Å². The third-order valence-corrected chi connectivity index (χ3v) is 2.85. The van der Waals surface area contributed by atoms with Crippen LogP contribution in [0.1, 0.15) is 23.5 Å². The van der Waals surface area contributed by atoms with Crippen LogP contribution in [0.4, 0.5) is 0 Å². The summed E-state index contributed by atoms with van der Waals surface area (Å²) in [4.78, 5) is 11.6. The Bertz CT molecular complexity index is 536. The lowest BCUT2D eigenvalue weighted by Crippen LogP contribution is -2.05. The zero-order valence-corrected chi connectivity index (χ0v) is 8.96. The van der Waals surface area contributed by atoms with E-state index in [4.69, 9.17) is 13.6 Å². The molecule has 0 saturated carbocycles. The van der Waals surface area contributed by atoms with Gasteiger partial charge in [-0.1, -0.05) is 6.58 Å². The maximum Gasteiger partial charge on any atom is 0.335 e. The Labute approximate surface area is 97.5 Å². The van der Waals surface area contributed by atoms with Crippen molar-refractivity contribution < 1.29 is 18.4 Å². The molecule has 1 saturated heterocycles. The molecule has 0 unspecified atom stereocenters. The minimum Gasteiger partial charge on any atom is -0.469 e. The van der Waals surface area contributed by atoms with Crippen LogP contribution in [-0.4, -0.2) is 5.97 Å². The van der Waals surface area contributed by atoms with Gasteiger partial charge in [0, 0.05) is 5.57 Å². The maximum absolute atomic E-state index is 11.6. The standard InChI is InChI=1S/C13H10O4/c1-8-11(9-4-2-6-15-9)12(17-13(8)14)10-5-3-7-16-10/h2-7,11-12H,1H2/t11-,12-/m0/s1. The average Bonchev–Trinajstić information content (AvgIpc) is 3.01. The molecule has 1 fully saturated rings. The van der Waals surface area contributed by atoms with Crippen LogP contribution in [0.5, 0.6) is 0 Å². The molecule has 0 N–H and O–H groups in total. The Morgan fingerprint density at radius 2 is 1.71 bits per heavy atom. The molecule has 0 spiro atoms. The van der Waals surface area contributed by atoms with E-state index in [0.717, 1.165) is 0 Å². The smallest absolute Gasteiger partial charge is 0.335 e. The van der Waals surface area contributed by atoms with Gasteiger partial charge >= 0.3 is 5.97 Å². The van der Waals surface area contributed by atoms with Crippen LogP contribution in [0.2, 0.25) is 0 Å². The normalized spacial score (nSPS) is 24.0. The van der Waals surface area contributed by atoms with Gasteiger partial charge in [-0.05, 0) is 24.3 Å². The Morgan fingerprint density at radius 3 is 2.29 bits per heavy atom. The molecule has 4 heteroatoms. The summed E-state index contributed by atoms with van der Waals surface area (Å²) in [5.74, 6) is 0.525. The Balaban J connectivity index is 2.03.